The average molecular weight is 478 g/mol. The van der Waals surface area contributed by atoms with Gasteiger partial charge in [-0.2, -0.15) is 5.26 Å². The third-order valence-corrected chi connectivity index (χ3v) is 6.63. The number of piperazine rings is 1. The number of H-pyrrole nitrogens is 1. The van der Waals surface area contributed by atoms with Crippen molar-refractivity contribution >= 4 is 16.5 Å². The highest BCUT2D eigenvalue weighted by atomic mass is 16.3. The summed E-state index contributed by atoms with van der Waals surface area (Å²) >= 11 is 0. The SMILES string of the molecule is N#CC(=C(O)CN1CCN(C(c2ccccc2)c2ccccc2)CC1)c1nc2ccccc2c(=O)[nH]1. The molecule has 0 unspecified atom stereocenters. The lowest BCUT2D eigenvalue weighted by molar-refractivity contribution is 0.108. The van der Waals surface area contributed by atoms with Crippen molar-refractivity contribution in [1.82, 2.24) is 19.8 Å². The molecule has 5 rings (SSSR count). The van der Waals surface area contributed by atoms with Crippen LogP contribution < -0.4 is 5.56 Å². The minimum Gasteiger partial charge on any atom is -0.509 e. The highest BCUT2D eigenvalue weighted by molar-refractivity contribution is 5.81. The van der Waals surface area contributed by atoms with Crippen molar-refractivity contribution in [2.45, 2.75) is 6.04 Å². The first-order chi connectivity index (χ1) is 17.6. The topological polar surface area (TPSA) is 96.2 Å². The molecule has 0 spiro atoms. The highest BCUT2D eigenvalue weighted by Crippen LogP contribution is 2.29. The van der Waals surface area contributed by atoms with Crippen LogP contribution in [0.15, 0.2) is 95.5 Å². The van der Waals surface area contributed by atoms with Gasteiger partial charge in [0.25, 0.3) is 5.56 Å². The van der Waals surface area contributed by atoms with Crippen LogP contribution in [0.25, 0.3) is 16.5 Å². The number of allylic oxidation sites excluding steroid dienone is 1. The molecule has 1 aliphatic heterocycles. The third kappa shape index (κ3) is 4.91. The van der Waals surface area contributed by atoms with Gasteiger partial charge in [0, 0.05) is 26.2 Å². The lowest BCUT2D eigenvalue weighted by atomic mass is 9.96. The molecule has 180 valence electrons. The summed E-state index contributed by atoms with van der Waals surface area (Å²) in [7, 11) is 0. The molecule has 7 heteroatoms. The van der Waals surface area contributed by atoms with Crippen molar-refractivity contribution < 1.29 is 5.11 Å². The van der Waals surface area contributed by atoms with Crippen molar-refractivity contribution in [2.75, 3.05) is 32.7 Å². The summed E-state index contributed by atoms with van der Waals surface area (Å²) < 4.78 is 0. The van der Waals surface area contributed by atoms with Gasteiger partial charge >= 0.3 is 0 Å². The Labute approximate surface area is 209 Å². The molecule has 4 aromatic rings. The lowest BCUT2D eigenvalue weighted by Gasteiger charge is -2.39. The Kier molecular flexibility index (Phi) is 6.89. The first-order valence-electron chi connectivity index (χ1n) is 12.0. The summed E-state index contributed by atoms with van der Waals surface area (Å²) in [4.78, 5) is 24.1. The van der Waals surface area contributed by atoms with Gasteiger partial charge in [-0.3, -0.25) is 14.6 Å². The second-order valence-corrected chi connectivity index (χ2v) is 8.90. The zero-order valence-electron chi connectivity index (χ0n) is 19.8. The van der Waals surface area contributed by atoms with E-state index in [-0.39, 0.29) is 35.3 Å². The first-order valence-corrected chi connectivity index (χ1v) is 12.0. The molecular weight excluding hydrogens is 450 g/mol. The maximum atomic E-state index is 12.4. The van der Waals surface area contributed by atoms with E-state index in [1.54, 1.807) is 24.3 Å². The molecule has 0 bridgehead atoms. The van der Waals surface area contributed by atoms with Crippen molar-refractivity contribution in [3.05, 3.63) is 118 Å². The van der Waals surface area contributed by atoms with Crippen molar-refractivity contribution in [3.8, 4) is 6.07 Å². The molecule has 1 fully saturated rings. The lowest BCUT2D eigenvalue weighted by Crippen LogP contribution is -2.48. The number of fused-ring (bicyclic) bond motifs is 1. The van der Waals surface area contributed by atoms with Crippen LogP contribution in [0.5, 0.6) is 0 Å². The number of aliphatic hydroxyl groups is 1. The van der Waals surface area contributed by atoms with E-state index in [0.717, 1.165) is 26.2 Å². The number of hydrogen-bond acceptors (Lipinski definition) is 6. The second-order valence-electron chi connectivity index (χ2n) is 8.90. The number of benzene rings is 3. The number of nitrogens with zero attached hydrogens (tertiary/aromatic N) is 4. The molecule has 36 heavy (non-hydrogen) atoms. The molecule has 1 saturated heterocycles. The van der Waals surface area contributed by atoms with Crippen LogP contribution in [0.3, 0.4) is 0 Å². The van der Waals surface area contributed by atoms with Crippen LogP contribution in [0.4, 0.5) is 0 Å². The monoisotopic (exact) mass is 477 g/mol. The summed E-state index contributed by atoms with van der Waals surface area (Å²) in [6, 6.07) is 30.1. The molecule has 1 aliphatic rings. The molecule has 7 nitrogen and oxygen atoms in total. The van der Waals surface area contributed by atoms with Gasteiger partial charge in [0.2, 0.25) is 0 Å². The van der Waals surface area contributed by atoms with Crippen molar-refractivity contribution in [2.24, 2.45) is 0 Å². The van der Waals surface area contributed by atoms with Crippen LogP contribution in [0, 0.1) is 11.3 Å². The van der Waals surface area contributed by atoms with E-state index in [1.807, 2.05) is 18.2 Å². The number of aliphatic hydroxyl groups excluding tert-OH is 1. The zero-order chi connectivity index (χ0) is 24.9. The summed E-state index contributed by atoms with van der Waals surface area (Å²) in [5, 5.41) is 21.0. The van der Waals surface area contributed by atoms with Gasteiger partial charge in [-0.1, -0.05) is 72.8 Å². The van der Waals surface area contributed by atoms with Gasteiger partial charge < -0.3 is 10.1 Å². The van der Waals surface area contributed by atoms with Crippen LogP contribution in [-0.4, -0.2) is 57.6 Å². The van der Waals surface area contributed by atoms with Crippen LogP contribution >= 0.6 is 0 Å². The fourth-order valence-electron chi connectivity index (χ4n) is 4.81. The molecule has 0 radical (unpaired) electrons. The minimum atomic E-state index is -0.336. The Balaban J connectivity index is 1.33. The summed E-state index contributed by atoms with van der Waals surface area (Å²) in [6.07, 6.45) is 0. The van der Waals surface area contributed by atoms with E-state index in [1.165, 1.54) is 11.1 Å². The molecule has 1 aromatic heterocycles. The Morgan fingerprint density at radius 1 is 0.917 bits per heavy atom. The van der Waals surface area contributed by atoms with Gasteiger partial charge in [0.1, 0.15) is 17.4 Å². The maximum absolute atomic E-state index is 12.4. The number of nitrogens with one attached hydrogen (secondary N) is 1. The Hall–Kier alpha value is -4.25. The van der Waals surface area contributed by atoms with E-state index in [0.29, 0.717) is 10.9 Å². The summed E-state index contributed by atoms with van der Waals surface area (Å²) in [5.74, 6) is -0.00222. The van der Waals surface area contributed by atoms with E-state index in [9.17, 15) is 15.2 Å². The molecule has 2 heterocycles. The van der Waals surface area contributed by atoms with Gasteiger partial charge in [-0.25, -0.2) is 4.98 Å². The Bertz CT molecular complexity index is 1430. The molecule has 3 aromatic carbocycles. The standard InChI is InChI=1S/C29H27N5O2/c30-19-24(28-31-25-14-8-7-13-23(25)29(36)32-28)26(35)20-33-15-17-34(18-16-33)27(21-9-3-1-4-10-21)22-11-5-2-6-12-22/h1-14,27,35H,15-18,20H2,(H,31,32,36). The molecule has 0 amide bonds. The van der Waals surface area contributed by atoms with Crippen molar-refractivity contribution in [3.63, 3.8) is 0 Å². The van der Waals surface area contributed by atoms with Crippen molar-refractivity contribution in [1.29, 1.82) is 5.26 Å². The number of aromatic amines is 1. The van der Waals surface area contributed by atoms with Gasteiger partial charge in [0.05, 0.1) is 23.5 Å². The van der Waals surface area contributed by atoms with E-state index < -0.39 is 0 Å². The van der Waals surface area contributed by atoms with Gasteiger partial charge in [0.15, 0.2) is 5.82 Å². The quantitative estimate of drug-likeness (QED) is 0.320. The first kappa shape index (κ1) is 23.5. The predicted octanol–water partition coefficient (Wildman–Crippen LogP) is 4.12. The number of nitriles is 1. The summed E-state index contributed by atoms with van der Waals surface area (Å²) in [5.41, 5.74) is 2.64. The molecule has 0 atom stereocenters. The molecule has 0 saturated carbocycles. The average Bonchev–Trinajstić information content (AvgIpc) is 2.92. The smallest absolute Gasteiger partial charge is 0.259 e. The fraction of sp³-hybridized carbons (Fsp3) is 0.207. The van der Waals surface area contributed by atoms with Crippen LogP contribution in [-0.2, 0) is 0 Å². The molecule has 0 aliphatic carbocycles. The Morgan fingerprint density at radius 2 is 1.50 bits per heavy atom. The largest absolute Gasteiger partial charge is 0.509 e. The summed E-state index contributed by atoms with van der Waals surface area (Å²) in [6.45, 7) is 3.32. The highest BCUT2D eigenvalue weighted by Gasteiger charge is 2.27. The number of rotatable bonds is 6. The fourth-order valence-corrected chi connectivity index (χ4v) is 4.81. The van der Waals surface area contributed by atoms with Gasteiger partial charge in [-0.15, -0.1) is 0 Å². The molecular formula is C29H27N5O2. The Morgan fingerprint density at radius 3 is 2.11 bits per heavy atom. The number of para-hydroxylation sites is 1. The van der Waals surface area contributed by atoms with Gasteiger partial charge in [-0.05, 0) is 23.3 Å². The predicted molar refractivity (Wildman–Crippen MR) is 140 cm³/mol. The second kappa shape index (κ2) is 10.6. The third-order valence-electron chi connectivity index (χ3n) is 6.63. The normalized spacial score (nSPS) is 15.6. The van der Waals surface area contributed by atoms with E-state index in [4.69, 9.17) is 0 Å². The molecule has 2 N–H and O–H groups in total. The van der Waals surface area contributed by atoms with Crippen LogP contribution in [0.2, 0.25) is 0 Å². The maximum Gasteiger partial charge on any atom is 0.259 e. The van der Waals surface area contributed by atoms with E-state index >= 15 is 0 Å². The number of hydrogen-bond donors (Lipinski definition) is 2. The van der Waals surface area contributed by atoms with Crippen LogP contribution in [0.1, 0.15) is 23.0 Å². The zero-order valence-corrected chi connectivity index (χ0v) is 19.8. The van der Waals surface area contributed by atoms with E-state index in [2.05, 4.69) is 68.3 Å². The minimum absolute atomic E-state index is 0.00766. The number of aromatic nitrogens is 2.